The summed E-state index contributed by atoms with van der Waals surface area (Å²) >= 11 is 0. The van der Waals surface area contributed by atoms with Gasteiger partial charge in [0.1, 0.15) is 5.37 Å². The van der Waals surface area contributed by atoms with Gasteiger partial charge in [-0.15, -0.1) is 0 Å². The molecular weight excluding hydrogens is 178 g/mol. The van der Waals surface area contributed by atoms with Gasteiger partial charge >= 0.3 is 0 Å². The van der Waals surface area contributed by atoms with Crippen LogP contribution in [0.3, 0.4) is 0 Å². The third-order valence-corrected chi connectivity index (χ3v) is 5.50. The summed E-state index contributed by atoms with van der Waals surface area (Å²) < 4.78 is 22.5. The van der Waals surface area contributed by atoms with E-state index >= 15 is 0 Å². The van der Waals surface area contributed by atoms with Crippen molar-refractivity contribution >= 4 is 15.7 Å². The van der Waals surface area contributed by atoms with Crippen molar-refractivity contribution in [3.8, 4) is 0 Å². The highest BCUT2D eigenvalue weighted by Crippen LogP contribution is 2.40. The Morgan fingerprint density at radius 3 is 2.42 bits per heavy atom. The molecule has 1 amide bonds. The fourth-order valence-electron chi connectivity index (χ4n) is 1.76. The number of fused-ring (bicyclic) bond motifs is 1. The Bertz CT molecular complexity index is 344. The number of nitrogens with zero attached hydrogens (tertiary/aromatic N) is 1. The van der Waals surface area contributed by atoms with Crippen molar-refractivity contribution in [3.05, 3.63) is 0 Å². The number of carbonyl (C=O) groups excluding carboxylic acids is 1. The first kappa shape index (κ1) is 8.04. The van der Waals surface area contributed by atoms with Gasteiger partial charge in [-0.25, -0.2) is 8.42 Å². The topological polar surface area (TPSA) is 54.5 Å². The van der Waals surface area contributed by atoms with Gasteiger partial charge in [0.05, 0.1) is 11.2 Å². The molecule has 2 rings (SSSR count). The Hall–Kier alpha value is -0.580. The van der Waals surface area contributed by atoms with E-state index in [1.807, 2.05) is 0 Å². The maximum Gasteiger partial charge on any atom is 0.226 e. The zero-order chi connectivity index (χ0) is 9.15. The van der Waals surface area contributed by atoms with E-state index in [0.29, 0.717) is 6.54 Å². The summed E-state index contributed by atoms with van der Waals surface area (Å²) in [6.07, 6.45) is 0.186. The van der Waals surface area contributed by atoms with Gasteiger partial charge < -0.3 is 4.90 Å². The Labute approximate surface area is 71.5 Å². The molecule has 0 unspecified atom stereocenters. The summed E-state index contributed by atoms with van der Waals surface area (Å²) in [6, 6.07) is 0. The van der Waals surface area contributed by atoms with Crippen LogP contribution < -0.4 is 0 Å². The molecule has 0 bridgehead atoms. The number of β-lactam (4-membered cyclic amide) rings is 1. The molecule has 0 radical (unpaired) electrons. The lowest BCUT2D eigenvalue weighted by molar-refractivity contribution is -0.140. The van der Waals surface area contributed by atoms with Gasteiger partial charge in [-0.05, 0) is 13.8 Å². The minimum atomic E-state index is -3.09. The molecule has 0 saturated carbocycles. The van der Waals surface area contributed by atoms with Gasteiger partial charge in [-0.3, -0.25) is 4.79 Å². The molecule has 0 aromatic rings. The monoisotopic (exact) mass is 189 g/mol. The normalized spacial score (nSPS) is 36.0. The summed E-state index contributed by atoms with van der Waals surface area (Å²) in [5.74, 6) is -0.0332. The molecule has 1 atom stereocenters. The quantitative estimate of drug-likeness (QED) is 0.494. The van der Waals surface area contributed by atoms with Crippen molar-refractivity contribution in [1.82, 2.24) is 4.90 Å². The van der Waals surface area contributed by atoms with Gasteiger partial charge in [-0.2, -0.15) is 0 Å². The standard InChI is InChI=1S/C7H11NO3S/c1-7(2)4-8-5(9)3-6(8)12(7,10)11/h6H,3-4H2,1-2H3/t6-/m0/s1. The molecule has 68 valence electrons. The second-order valence-corrected chi connectivity index (χ2v) is 6.72. The van der Waals surface area contributed by atoms with Crippen LogP contribution in [0.5, 0.6) is 0 Å². The molecule has 2 aliphatic heterocycles. The molecule has 0 aromatic heterocycles. The Morgan fingerprint density at radius 2 is 2.08 bits per heavy atom. The molecule has 0 aromatic carbocycles. The van der Waals surface area contributed by atoms with E-state index in [4.69, 9.17) is 0 Å². The van der Waals surface area contributed by atoms with Gasteiger partial charge in [0.25, 0.3) is 0 Å². The molecular formula is C7H11NO3S. The largest absolute Gasteiger partial charge is 0.323 e. The first-order valence-corrected chi connectivity index (χ1v) is 5.44. The Kier molecular flexibility index (Phi) is 1.23. The average Bonchev–Trinajstić information content (AvgIpc) is 2.07. The second-order valence-electron chi connectivity index (χ2n) is 3.99. The van der Waals surface area contributed by atoms with E-state index in [2.05, 4.69) is 0 Å². The molecule has 2 fully saturated rings. The molecule has 2 aliphatic rings. The van der Waals surface area contributed by atoms with Crippen LogP contribution in [0, 0.1) is 0 Å². The third-order valence-electron chi connectivity index (χ3n) is 2.70. The zero-order valence-electron chi connectivity index (χ0n) is 7.07. The van der Waals surface area contributed by atoms with Crippen molar-refractivity contribution in [2.75, 3.05) is 6.54 Å². The van der Waals surface area contributed by atoms with Gasteiger partial charge in [0.15, 0.2) is 9.84 Å². The maximum absolute atomic E-state index is 11.6. The van der Waals surface area contributed by atoms with Crippen molar-refractivity contribution in [1.29, 1.82) is 0 Å². The van der Waals surface area contributed by atoms with E-state index in [9.17, 15) is 13.2 Å². The first-order chi connectivity index (χ1) is 5.36. The molecule has 2 heterocycles. The first-order valence-electron chi connectivity index (χ1n) is 3.89. The number of carbonyl (C=O) groups is 1. The van der Waals surface area contributed by atoms with E-state index in [1.54, 1.807) is 13.8 Å². The molecule has 12 heavy (non-hydrogen) atoms. The number of hydrogen-bond acceptors (Lipinski definition) is 3. The molecule has 0 spiro atoms. The van der Waals surface area contributed by atoms with E-state index in [-0.39, 0.29) is 12.3 Å². The van der Waals surface area contributed by atoms with Crippen LogP contribution >= 0.6 is 0 Å². The van der Waals surface area contributed by atoms with Crippen LogP contribution in [-0.2, 0) is 14.6 Å². The second kappa shape index (κ2) is 1.84. The van der Waals surface area contributed by atoms with Crippen molar-refractivity contribution in [2.24, 2.45) is 0 Å². The summed E-state index contributed by atoms with van der Waals surface area (Å²) in [4.78, 5) is 12.4. The molecule has 4 nitrogen and oxygen atoms in total. The highest BCUT2D eigenvalue weighted by atomic mass is 32.2. The molecule has 5 heteroatoms. The van der Waals surface area contributed by atoms with Crippen LogP contribution in [0.1, 0.15) is 20.3 Å². The lowest BCUT2D eigenvalue weighted by atomic mass is 10.1. The molecule has 0 aliphatic carbocycles. The highest BCUT2D eigenvalue weighted by molar-refractivity contribution is 7.93. The van der Waals surface area contributed by atoms with Crippen molar-refractivity contribution in [3.63, 3.8) is 0 Å². The highest BCUT2D eigenvalue weighted by Gasteiger charge is 2.59. The van der Waals surface area contributed by atoms with Crippen LogP contribution in [0.4, 0.5) is 0 Å². The minimum absolute atomic E-state index is 0.0332. The fraction of sp³-hybridized carbons (Fsp3) is 0.857. The van der Waals surface area contributed by atoms with E-state index < -0.39 is 20.0 Å². The predicted octanol–water partition coefficient (Wildman–Crippen LogP) is -0.248. The fourth-order valence-corrected chi connectivity index (χ4v) is 3.71. The third kappa shape index (κ3) is 0.676. The summed E-state index contributed by atoms with van der Waals surface area (Å²) in [7, 11) is -3.09. The Balaban J connectivity index is 2.45. The van der Waals surface area contributed by atoms with Crippen molar-refractivity contribution in [2.45, 2.75) is 30.4 Å². The van der Waals surface area contributed by atoms with Crippen LogP contribution in [0.2, 0.25) is 0 Å². The zero-order valence-corrected chi connectivity index (χ0v) is 7.89. The lowest BCUT2D eigenvalue weighted by Gasteiger charge is -2.31. The smallest absolute Gasteiger partial charge is 0.226 e. The van der Waals surface area contributed by atoms with Gasteiger partial charge in [-0.1, -0.05) is 0 Å². The number of sulfone groups is 1. The van der Waals surface area contributed by atoms with Crippen LogP contribution in [0.25, 0.3) is 0 Å². The lowest BCUT2D eigenvalue weighted by Crippen LogP contribution is -2.50. The Morgan fingerprint density at radius 1 is 1.50 bits per heavy atom. The van der Waals surface area contributed by atoms with E-state index in [0.717, 1.165) is 0 Å². The number of amides is 1. The van der Waals surface area contributed by atoms with Crippen LogP contribution in [-0.4, -0.2) is 35.9 Å². The van der Waals surface area contributed by atoms with Crippen molar-refractivity contribution < 1.29 is 13.2 Å². The van der Waals surface area contributed by atoms with Gasteiger partial charge in [0.2, 0.25) is 5.91 Å². The molecule has 2 saturated heterocycles. The summed E-state index contributed by atoms with van der Waals surface area (Å²) in [5, 5.41) is -0.514. The summed E-state index contributed by atoms with van der Waals surface area (Å²) in [6.45, 7) is 3.71. The predicted molar refractivity (Wildman–Crippen MR) is 43.1 cm³/mol. The minimum Gasteiger partial charge on any atom is -0.323 e. The number of hydrogen-bond donors (Lipinski definition) is 0. The SMILES string of the molecule is CC1(C)CN2C(=O)C[C@@H]2S1(=O)=O. The maximum atomic E-state index is 11.6. The van der Waals surface area contributed by atoms with Crippen LogP contribution in [0.15, 0.2) is 0 Å². The van der Waals surface area contributed by atoms with Gasteiger partial charge in [0, 0.05) is 6.54 Å². The van der Waals surface area contributed by atoms with E-state index in [1.165, 1.54) is 4.90 Å². The average molecular weight is 189 g/mol. The summed E-state index contributed by atoms with van der Waals surface area (Å²) in [5.41, 5.74) is 0. The number of rotatable bonds is 0. The molecule has 0 N–H and O–H groups in total.